The van der Waals surface area contributed by atoms with Crippen molar-refractivity contribution >= 4 is 6.09 Å². The Balaban J connectivity index is 1.85. The zero-order valence-corrected chi connectivity index (χ0v) is 14.4. The van der Waals surface area contributed by atoms with E-state index in [9.17, 15) is 13.6 Å². The highest BCUT2D eigenvalue weighted by Gasteiger charge is 2.28. The van der Waals surface area contributed by atoms with Crippen LogP contribution in [0.3, 0.4) is 0 Å². The Kier molecular flexibility index (Phi) is 4.45. The molecule has 0 saturated heterocycles. The summed E-state index contributed by atoms with van der Waals surface area (Å²) in [5.41, 5.74) is 2.23. The third-order valence-electron chi connectivity index (χ3n) is 3.94. The molecule has 1 aliphatic heterocycles. The zero-order valence-electron chi connectivity index (χ0n) is 14.4. The molecule has 0 atom stereocenters. The van der Waals surface area contributed by atoms with Crippen LogP contribution in [0.25, 0.3) is 11.1 Å². The molecule has 1 aromatic heterocycles. The van der Waals surface area contributed by atoms with Crippen molar-refractivity contribution in [2.24, 2.45) is 0 Å². The Labute approximate surface area is 145 Å². The van der Waals surface area contributed by atoms with E-state index in [4.69, 9.17) is 4.74 Å². The monoisotopic (exact) mass is 346 g/mol. The summed E-state index contributed by atoms with van der Waals surface area (Å²) in [6.07, 6.45) is -1.65. The van der Waals surface area contributed by atoms with E-state index in [1.165, 1.54) is 6.20 Å². The van der Waals surface area contributed by atoms with Gasteiger partial charge in [0.25, 0.3) is 6.43 Å². The molecule has 3 rings (SSSR count). The van der Waals surface area contributed by atoms with Crippen molar-refractivity contribution < 1.29 is 18.3 Å². The minimum absolute atomic E-state index is 0.232. The van der Waals surface area contributed by atoms with Crippen LogP contribution >= 0.6 is 0 Å². The summed E-state index contributed by atoms with van der Waals surface area (Å²) in [5.74, 6) is 0. The van der Waals surface area contributed by atoms with Gasteiger partial charge < -0.3 is 4.74 Å². The van der Waals surface area contributed by atoms with Crippen LogP contribution in [0.4, 0.5) is 13.6 Å². The van der Waals surface area contributed by atoms with Crippen LogP contribution < -0.4 is 0 Å². The van der Waals surface area contributed by atoms with Gasteiger partial charge in [0.15, 0.2) is 0 Å². The average molecular weight is 346 g/mol. The van der Waals surface area contributed by atoms with Gasteiger partial charge in [-0.3, -0.25) is 9.88 Å². The van der Waals surface area contributed by atoms with Crippen molar-refractivity contribution in [1.29, 1.82) is 0 Å². The molecule has 132 valence electrons. The first-order valence-corrected chi connectivity index (χ1v) is 8.08. The summed E-state index contributed by atoms with van der Waals surface area (Å²) in [6, 6.07) is 8.79. The first-order chi connectivity index (χ1) is 11.7. The van der Waals surface area contributed by atoms with E-state index >= 15 is 0 Å². The highest BCUT2D eigenvalue weighted by Crippen LogP contribution is 2.33. The molecular weight excluding hydrogens is 326 g/mol. The maximum absolute atomic E-state index is 13.2. The number of pyridine rings is 1. The standard InChI is InChI=1S/C19H20F2N2O2/c1-19(2,3)25-18(24)23-10-13-7-6-12(9-14(13)11-23)15-5-4-8-22-16(15)17(20)21/h4-9,17H,10-11H2,1-3H3. The van der Waals surface area contributed by atoms with Crippen LogP contribution in [0, 0.1) is 0 Å². The molecule has 0 spiro atoms. The van der Waals surface area contributed by atoms with Gasteiger partial charge in [-0.25, -0.2) is 13.6 Å². The topological polar surface area (TPSA) is 42.4 Å². The van der Waals surface area contributed by atoms with Crippen LogP contribution in [0.1, 0.15) is 44.0 Å². The fraction of sp³-hybridized carbons (Fsp3) is 0.368. The van der Waals surface area contributed by atoms with E-state index < -0.39 is 12.0 Å². The summed E-state index contributed by atoms with van der Waals surface area (Å²) < 4.78 is 31.8. The molecule has 1 amide bonds. The van der Waals surface area contributed by atoms with E-state index in [0.717, 1.165) is 11.1 Å². The first kappa shape index (κ1) is 17.3. The van der Waals surface area contributed by atoms with Crippen LogP contribution in [-0.2, 0) is 17.8 Å². The Bertz CT molecular complexity index is 800. The van der Waals surface area contributed by atoms with Gasteiger partial charge in [0.05, 0.1) is 0 Å². The molecule has 0 N–H and O–H groups in total. The van der Waals surface area contributed by atoms with Crippen molar-refractivity contribution in [2.75, 3.05) is 0 Å². The summed E-state index contributed by atoms with van der Waals surface area (Å²) in [6.45, 7) is 6.32. The molecule has 1 aliphatic rings. The SMILES string of the molecule is CC(C)(C)OC(=O)N1Cc2ccc(-c3cccnc3C(F)F)cc2C1. The van der Waals surface area contributed by atoms with E-state index in [-0.39, 0.29) is 11.8 Å². The molecule has 1 aromatic carbocycles. The lowest BCUT2D eigenvalue weighted by atomic mass is 9.99. The molecule has 0 aliphatic carbocycles. The van der Waals surface area contributed by atoms with Gasteiger partial charge in [0.2, 0.25) is 0 Å². The lowest BCUT2D eigenvalue weighted by molar-refractivity contribution is 0.0242. The lowest BCUT2D eigenvalue weighted by Crippen LogP contribution is -2.33. The Morgan fingerprint density at radius 3 is 2.60 bits per heavy atom. The number of halogens is 2. The average Bonchev–Trinajstić information content (AvgIpc) is 2.96. The summed E-state index contributed by atoms with van der Waals surface area (Å²) in [5, 5.41) is 0. The number of carbonyl (C=O) groups is 1. The van der Waals surface area contributed by atoms with Gasteiger partial charge in [0, 0.05) is 24.8 Å². The lowest BCUT2D eigenvalue weighted by Gasteiger charge is -2.24. The molecule has 2 aromatic rings. The Hall–Kier alpha value is -2.50. The van der Waals surface area contributed by atoms with Gasteiger partial charge >= 0.3 is 6.09 Å². The van der Waals surface area contributed by atoms with Crippen molar-refractivity contribution in [3.8, 4) is 11.1 Å². The number of aromatic nitrogens is 1. The Morgan fingerprint density at radius 1 is 1.20 bits per heavy atom. The number of hydrogen-bond donors (Lipinski definition) is 0. The molecule has 25 heavy (non-hydrogen) atoms. The zero-order chi connectivity index (χ0) is 18.2. The molecule has 0 saturated carbocycles. The molecule has 0 radical (unpaired) electrons. The van der Waals surface area contributed by atoms with Gasteiger partial charge in [-0.15, -0.1) is 0 Å². The van der Waals surface area contributed by atoms with E-state index in [2.05, 4.69) is 4.98 Å². The normalized spacial score (nSPS) is 13.9. The largest absolute Gasteiger partial charge is 0.444 e. The van der Waals surface area contributed by atoms with Crippen LogP contribution in [0.5, 0.6) is 0 Å². The number of benzene rings is 1. The maximum atomic E-state index is 13.2. The molecule has 2 heterocycles. The van der Waals surface area contributed by atoms with Crippen LogP contribution in [0.15, 0.2) is 36.5 Å². The van der Waals surface area contributed by atoms with Gasteiger partial charge in [-0.1, -0.05) is 18.2 Å². The number of ether oxygens (including phenoxy) is 1. The third-order valence-corrected chi connectivity index (χ3v) is 3.94. The molecule has 0 bridgehead atoms. The first-order valence-electron chi connectivity index (χ1n) is 8.08. The predicted molar refractivity (Wildman–Crippen MR) is 90.1 cm³/mol. The summed E-state index contributed by atoms with van der Waals surface area (Å²) in [7, 11) is 0. The molecule has 6 heteroatoms. The number of amides is 1. The van der Waals surface area contributed by atoms with Crippen LogP contribution in [0.2, 0.25) is 0 Å². The summed E-state index contributed by atoms with van der Waals surface area (Å²) in [4.78, 5) is 17.6. The van der Waals surface area contributed by atoms with Crippen molar-refractivity contribution in [3.63, 3.8) is 0 Å². The van der Waals surface area contributed by atoms with Crippen LogP contribution in [-0.4, -0.2) is 21.6 Å². The van der Waals surface area contributed by atoms with Gasteiger partial charge in [0.1, 0.15) is 11.3 Å². The fourth-order valence-corrected chi connectivity index (χ4v) is 2.85. The number of hydrogen-bond acceptors (Lipinski definition) is 3. The minimum atomic E-state index is -2.64. The number of rotatable bonds is 2. The van der Waals surface area contributed by atoms with E-state index in [1.54, 1.807) is 23.1 Å². The minimum Gasteiger partial charge on any atom is -0.444 e. The van der Waals surface area contributed by atoms with E-state index in [1.807, 2.05) is 32.9 Å². The maximum Gasteiger partial charge on any atom is 0.410 e. The molecule has 0 fully saturated rings. The van der Waals surface area contributed by atoms with Crippen molar-refractivity contribution in [1.82, 2.24) is 9.88 Å². The predicted octanol–water partition coefficient (Wildman–Crippen LogP) is 4.94. The smallest absolute Gasteiger partial charge is 0.410 e. The number of nitrogens with zero attached hydrogens (tertiary/aromatic N) is 2. The number of fused-ring (bicyclic) bond motifs is 1. The van der Waals surface area contributed by atoms with Gasteiger partial charge in [-0.2, -0.15) is 0 Å². The third kappa shape index (κ3) is 3.78. The number of alkyl halides is 2. The quantitative estimate of drug-likeness (QED) is 0.774. The number of carbonyl (C=O) groups excluding carboxylic acids is 1. The van der Waals surface area contributed by atoms with E-state index in [0.29, 0.717) is 24.2 Å². The second-order valence-electron chi connectivity index (χ2n) is 7.06. The fourth-order valence-electron chi connectivity index (χ4n) is 2.85. The molecule has 4 nitrogen and oxygen atoms in total. The molecular formula is C19H20F2N2O2. The highest BCUT2D eigenvalue weighted by atomic mass is 19.3. The molecule has 0 unspecified atom stereocenters. The van der Waals surface area contributed by atoms with Crippen molar-refractivity contribution in [3.05, 3.63) is 53.3 Å². The van der Waals surface area contributed by atoms with Crippen molar-refractivity contribution in [2.45, 2.75) is 45.9 Å². The highest BCUT2D eigenvalue weighted by molar-refractivity contribution is 5.71. The van der Waals surface area contributed by atoms with Gasteiger partial charge in [-0.05, 0) is 49.6 Å². The second kappa shape index (κ2) is 6.43. The summed E-state index contributed by atoms with van der Waals surface area (Å²) >= 11 is 0. The Morgan fingerprint density at radius 2 is 1.92 bits per heavy atom. The second-order valence-corrected chi connectivity index (χ2v) is 7.06.